The van der Waals surface area contributed by atoms with E-state index >= 15 is 0 Å². The van der Waals surface area contributed by atoms with Crippen molar-refractivity contribution in [3.63, 3.8) is 0 Å². The van der Waals surface area contributed by atoms with E-state index in [1.54, 1.807) is 11.3 Å². The Morgan fingerprint density at radius 3 is 2.56 bits per heavy atom. The number of piperidine rings is 1. The van der Waals surface area contributed by atoms with E-state index in [-0.39, 0.29) is 30.7 Å². The number of hydrogen-bond acceptors (Lipinski definition) is 4. The van der Waals surface area contributed by atoms with Gasteiger partial charge in [0.25, 0.3) is 0 Å². The van der Waals surface area contributed by atoms with Crippen LogP contribution in [0.2, 0.25) is 0 Å². The summed E-state index contributed by atoms with van der Waals surface area (Å²) in [7, 11) is 0. The molecule has 0 spiro atoms. The van der Waals surface area contributed by atoms with Gasteiger partial charge in [-0.1, -0.05) is 33.1 Å². The highest BCUT2D eigenvalue weighted by Gasteiger charge is 2.40. The third-order valence-corrected chi connectivity index (χ3v) is 6.39. The molecule has 1 aliphatic heterocycles. The fraction of sp³-hybridized carbons (Fsp3) is 0.778. The van der Waals surface area contributed by atoms with E-state index in [4.69, 9.17) is 10.7 Å². The standard InChI is InChI=1S/C18H29N3OS.2ClH/c1-13(2)15-12-23-16(20-15)14-7-6-10-21(11-14)17(22)18(19)8-4-3-5-9-18;;/h12-14H,3-11,19H2,1-2H3;2*1H. The van der Waals surface area contributed by atoms with Crippen LogP contribution in [0.25, 0.3) is 0 Å². The van der Waals surface area contributed by atoms with Gasteiger partial charge in [-0.25, -0.2) is 4.98 Å². The maximum atomic E-state index is 12.9. The number of carbonyl (C=O) groups excluding carboxylic acids is 1. The molecular formula is C18H31Cl2N3OS. The van der Waals surface area contributed by atoms with Crippen LogP contribution in [-0.4, -0.2) is 34.4 Å². The van der Waals surface area contributed by atoms with Crippen molar-refractivity contribution in [1.29, 1.82) is 0 Å². The predicted molar refractivity (Wildman–Crippen MR) is 109 cm³/mol. The normalized spacial score (nSPS) is 22.9. The molecule has 1 aromatic rings. The molecule has 2 heterocycles. The fourth-order valence-corrected chi connectivity index (χ4v) is 4.94. The van der Waals surface area contributed by atoms with Crippen molar-refractivity contribution in [1.82, 2.24) is 9.88 Å². The maximum Gasteiger partial charge on any atom is 0.242 e. The predicted octanol–water partition coefficient (Wildman–Crippen LogP) is 4.48. The molecule has 0 bridgehead atoms. The number of carbonyl (C=O) groups is 1. The van der Waals surface area contributed by atoms with Crippen molar-refractivity contribution in [2.45, 2.75) is 76.2 Å². The van der Waals surface area contributed by atoms with Crippen LogP contribution < -0.4 is 5.73 Å². The first kappa shape index (κ1) is 22.7. The number of amides is 1. The molecule has 25 heavy (non-hydrogen) atoms. The largest absolute Gasteiger partial charge is 0.340 e. The second kappa shape index (κ2) is 9.54. The highest BCUT2D eigenvalue weighted by molar-refractivity contribution is 7.09. The van der Waals surface area contributed by atoms with Crippen LogP contribution in [-0.2, 0) is 4.79 Å². The Labute approximate surface area is 167 Å². The lowest BCUT2D eigenvalue weighted by Gasteiger charge is -2.40. The smallest absolute Gasteiger partial charge is 0.242 e. The first-order valence-electron chi connectivity index (χ1n) is 9.03. The average Bonchev–Trinajstić information content (AvgIpc) is 3.05. The molecule has 1 aromatic heterocycles. The monoisotopic (exact) mass is 407 g/mol. The fourth-order valence-electron chi connectivity index (χ4n) is 3.83. The number of nitrogens with two attached hydrogens (primary N) is 1. The van der Waals surface area contributed by atoms with Gasteiger partial charge < -0.3 is 10.6 Å². The van der Waals surface area contributed by atoms with Crippen LogP contribution in [0.5, 0.6) is 0 Å². The van der Waals surface area contributed by atoms with Gasteiger partial charge in [0.1, 0.15) is 0 Å². The maximum absolute atomic E-state index is 12.9. The third-order valence-electron chi connectivity index (χ3n) is 5.36. The van der Waals surface area contributed by atoms with Crippen LogP contribution in [0.1, 0.15) is 81.3 Å². The number of nitrogens with zero attached hydrogens (tertiary/aromatic N) is 2. The highest BCUT2D eigenvalue weighted by atomic mass is 35.5. The van der Waals surface area contributed by atoms with Crippen LogP contribution in [0, 0.1) is 0 Å². The Morgan fingerprint density at radius 2 is 1.96 bits per heavy atom. The average molecular weight is 408 g/mol. The van der Waals surface area contributed by atoms with Crippen molar-refractivity contribution in [3.05, 3.63) is 16.1 Å². The summed E-state index contributed by atoms with van der Waals surface area (Å²) in [5.74, 6) is 1.04. The van der Waals surface area contributed by atoms with Gasteiger partial charge in [0.05, 0.1) is 16.2 Å². The molecule has 1 unspecified atom stereocenters. The second-order valence-electron chi connectivity index (χ2n) is 7.57. The van der Waals surface area contributed by atoms with E-state index < -0.39 is 5.54 Å². The van der Waals surface area contributed by atoms with E-state index in [2.05, 4.69) is 19.2 Å². The van der Waals surface area contributed by atoms with E-state index in [1.165, 1.54) is 17.1 Å². The minimum atomic E-state index is -0.605. The Bertz CT molecular complexity index is 558. The molecule has 144 valence electrons. The van der Waals surface area contributed by atoms with Crippen molar-refractivity contribution in [2.24, 2.45) is 5.73 Å². The number of halogens is 2. The topological polar surface area (TPSA) is 59.2 Å². The molecular weight excluding hydrogens is 377 g/mol. The van der Waals surface area contributed by atoms with Gasteiger partial charge in [-0.3, -0.25) is 4.79 Å². The lowest BCUT2D eigenvalue weighted by atomic mass is 9.81. The minimum absolute atomic E-state index is 0. The number of hydrogen-bond donors (Lipinski definition) is 1. The van der Waals surface area contributed by atoms with Crippen molar-refractivity contribution >= 4 is 42.1 Å². The SMILES string of the molecule is CC(C)c1csc(C2CCCN(C(=O)C3(N)CCCCC3)C2)n1.Cl.Cl. The summed E-state index contributed by atoms with van der Waals surface area (Å²) in [6.45, 7) is 6.01. The van der Waals surface area contributed by atoms with Crippen molar-refractivity contribution < 1.29 is 4.79 Å². The summed E-state index contributed by atoms with van der Waals surface area (Å²) in [4.78, 5) is 19.8. The zero-order valence-corrected chi connectivity index (χ0v) is 17.7. The summed E-state index contributed by atoms with van der Waals surface area (Å²) in [6.07, 6.45) is 7.28. The molecule has 4 nitrogen and oxygen atoms in total. The molecule has 1 aliphatic carbocycles. The first-order valence-corrected chi connectivity index (χ1v) is 9.91. The highest BCUT2D eigenvalue weighted by Crippen LogP contribution is 2.33. The molecule has 3 rings (SSSR count). The molecule has 2 fully saturated rings. The van der Waals surface area contributed by atoms with E-state index in [9.17, 15) is 4.79 Å². The van der Waals surface area contributed by atoms with E-state index in [1.807, 2.05) is 4.90 Å². The second-order valence-corrected chi connectivity index (χ2v) is 8.46. The van der Waals surface area contributed by atoms with Crippen LogP contribution in [0.3, 0.4) is 0 Å². The molecule has 0 aromatic carbocycles. The van der Waals surface area contributed by atoms with Crippen LogP contribution in [0.4, 0.5) is 0 Å². The van der Waals surface area contributed by atoms with Crippen molar-refractivity contribution in [2.75, 3.05) is 13.1 Å². The van der Waals surface area contributed by atoms with Gasteiger partial charge in [0, 0.05) is 24.4 Å². The van der Waals surface area contributed by atoms with Gasteiger partial charge in [0.2, 0.25) is 5.91 Å². The summed E-state index contributed by atoms with van der Waals surface area (Å²) >= 11 is 1.75. The Kier molecular flexibility index (Phi) is 8.65. The lowest BCUT2D eigenvalue weighted by Crippen LogP contribution is -2.57. The summed E-state index contributed by atoms with van der Waals surface area (Å²) in [5, 5.41) is 3.37. The molecule has 7 heteroatoms. The Hall–Kier alpha value is -0.360. The number of rotatable bonds is 3. The van der Waals surface area contributed by atoms with Gasteiger partial charge in [-0.05, 0) is 31.6 Å². The third kappa shape index (κ3) is 5.09. The van der Waals surface area contributed by atoms with E-state index in [0.29, 0.717) is 11.8 Å². The molecule has 2 N–H and O–H groups in total. The Balaban J connectivity index is 0.00000156. The number of aromatic nitrogens is 1. The molecule has 2 aliphatic rings. The zero-order valence-electron chi connectivity index (χ0n) is 15.2. The molecule has 1 atom stereocenters. The first-order chi connectivity index (χ1) is 11.0. The van der Waals surface area contributed by atoms with Crippen molar-refractivity contribution in [3.8, 4) is 0 Å². The van der Waals surface area contributed by atoms with Gasteiger partial charge in [-0.15, -0.1) is 36.2 Å². The molecule has 1 saturated heterocycles. The summed E-state index contributed by atoms with van der Waals surface area (Å²) < 4.78 is 0. The number of likely N-dealkylation sites (tertiary alicyclic amines) is 1. The Morgan fingerprint density at radius 1 is 1.28 bits per heavy atom. The van der Waals surface area contributed by atoms with Gasteiger partial charge >= 0.3 is 0 Å². The number of thiazole rings is 1. The molecule has 1 saturated carbocycles. The van der Waals surface area contributed by atoms with Crippen LogP contribution in [0.15, 0.2) is 5.38 Å². The van der Waals surface area contributed by atoms with E-state index in [0.717, 1.165) is 51.6 Å². The minimum Gasteiger partial charge on any atom is -0.340 e. The van der Waals surface area contributed by atoms with Gasteiger partial charge in [0.15, 0.2) is 0 Å². The zero-order chi connectivity index (χ0) is 16.4. The quantitative estimate of drug-likeness (QED) is 0.802. The summed E-state index contributed by atoms with van der Waals surface area (Å²) in [6, 6.07) is 0. The summed E-state index contributed by atoms with van der Waals surface area (Å²) in [5.41, 5.74) is 7.03. The molecule has 0 radical (unpaired) electrons. The molecule has 1 amide bonds. The van der Waals surface area contributed by atoms with Gasteiger partial charge in [-0.2, -0.15) is 0 Å². The lowest BCUT2D eigenvalue weighted by molar-refractivity contribution is -0.139. The van der Waals surface area contributed by atoms with Crippen LogP contribution >= 0.6 is 36.2 Å².